The van der Waals surface area contributed by atoms with E-state index in [0.717, 1.165) is 0 Å². The third kappa shape index (κ3) is 4.35. The number of carbonyl (C=O) groups is 1. The number of rotatable bonds is 6. The normalized spacial score (nSPS) is 11.9. The maximum Gasteiger partial charge on any atom is 0.454 e. The molecule has 2 aromatic rings. The lowest BCUT2D eigenvalue weighted by Crippen LogP contribution is -2.26. The summed E-state index contributed by atoms with van der Waals surface area (Å²) in [5, 5.41) is 0. The van der Waals surface area contributed by atoms with Gasteiger partial charge in [0.15, 0.2) is 0 Å². The number of allylic oxidation sites excluding steroid dienone is 1. The Morgan fingerprint density at radius 3 is 2.04 bits per heavy atom. The number of hydrogen-bond donors (Lipinski definition) is 0. The van der Waals surface area contributed by atoms with E-state index in [4.69, 9.17) is 0 Å². The topological polar surface area (TPSA) is 20.3 Å². The minimum Gasteiger partial charge on any atom is -0.343 e. The van der Waals surface area contributed by atoms with Crippen molar-refractivity contribution >= 4 is 17.0 Å². The monoisotopic (exact) mass is 331 g/mol. The van der Waals surface area contributed by atoms with E-state index < -0.39 is 17.5 Å². The second kappa shape index (κ2) is 7.64. The lowest BCUT2D eigenvalue weighted by atomic mass is 10.0. The molecular weight excluding hydrogens is 315 g/mol. The molecule has 0 saturated heterocycles. The summed E-state index contributed by atoms with van der Waals surface area (Å²) in [5.41, 5.74) is 0.472. The molecule has 0 bridgehead atoms. The Balaban J connectivity index is 2.53. The summed E-state index contributed by atoms with van der Waals surface area (Å²) in [4.78, 5) is 13.4. The van der Waals surface area contributed by atoms with Gasteiger partial charge in [-0.2, -0.15) is 13.2 Å². The zero-order chi connectivity index (χ0) is 17.6. The van der Waals surface area contributed by atoms with Crippen molar-refractivity contribution in [1.29, 1.82) is 0 Å². The summed E-state index contributed by atoms with van der Waals surface area (Å²) in [6, 6.07) is 16.7. The van der Waals surface area contributed by atoms with Crippen LogP contribution in [0, 0.1) is 0 Å². The van der Waals surface area contributed by atoms with Gasteiger partial charge in [-0.3, -0.25) is 4.79 Å². The molecule has 2 rings (SSSR count). The Morgan fingerprint density at radius 1 is 1.00 bits per heavy atom. The molecule has 0 aliphatic rings. The van der Waals surface area contributed by atoms with Crippen LogP contribution in [0.15, 0.2) is 79.5 Å². The highest BCUT2D eigenvalue weighted by Crippen LogP contribution is 2.28. The predicted octanol–water partition coefficient (Wildman–Crippen LogP) is 4.85. The predicted molar refractivity (Wildman–Crippen MR) is 89.5 cm³/mol. The first-order chi connectivity index (χ1) is 11.4. The summed E-state index contributed by atoms with van der Waals surface area (Å²) < 4.78 is 39.0. The SMILES string of the molecule is C=CCN(/C=C(\C(=O)C(F)(F)F)c1ccccc1)c1ccccc1. The number of anilines is 1. The maximum atomic E-state index is 13.0. The summed E-state index contributed by atoms with van der Waals surface area (Å²) in [6.45, 7) is 3.89. The quantitative estimate of drug-likeness (QED) is 0.557. The number of ketones is 1. The minimum atomic E-state index is -4.95. The van der Waals surface area contributed by atoms with Gasteiger partial charge in [-0.1, -0.05) is 54.6 Å². The molecule has 0 aliphatic carbocycles. The van der Waals surface area contributed by atoms with Crippen LogP contribution in [0.2, 0.25) is 0 Å². The molecule has 0 unspecified atom stereocenters. The summed E-state index contributed by atoms with van der Waals surface area (Å²) in [6.07, 6.45) is -2.16. The molecule has 0 aliphatic heterocycles. The summed E-state index contributed by atoms with van der Waals surface area (Å²) >= 11 is 0. The number of Topliss-reactive ketones (excluding diaryl/α,β-unsaturated/α-hetero) is 1. The zero-order valence-electron chi connectivity index (χ0n) is 12.8. The van der Waals surface area contributed by atoms with Gasteiger partial charge in [0, 0.05) is 18.4 Å². The average molecular weight is 331 g/mol. The summed E-state index contributed by atoms with van der Waals surface area (Å²) in [7, 11) is 0. The Bertz CT molecular complexity index is 721. The highest BCUT2D eigenvalue weighted by atomic mass is 19.4. The highest BCUT2D eigenvalue weighted by Gasteiger charge is 2.41. The van der Waals surface area contributed by atoms with Crippen LogP contribution in [-0.2, 0) is 4.79 Å². The van der Waals surface area contributed by atoms with Crippen LogP contribution in [0.4, 0.5) is 18.9 Å². The first-order valence-electron chi connectivity index (χ1n) is 7.25. The molecule has 0 heterocycles. The number of hydrogen-bond acceptors (Lipinski definition) is 2. The first-order valence-corrected chi connectivity index (χ1v) is 7.25. The van der Waals surface area contributed by atoms with Crippen molar-refractivity contribution < 1.29 is 18.0 Å². The standard InChI is InChI=1S/C19H16F3NO/c1-2-13-23(16-11-7-4-8-12-16)14-17(18(24)19(20,21)22)15-9-5-3-6-10-15/h2-12,14H,1,13H2/b17-14-. The lowest BCUT2D eigenvalue weighted by molar-refractivity contribution is -0.164. The van der Waals surface area contributed by atoms with Gasteiger partial charge in [0.05, 0.1) is 5.57 Å². The van der Waals surface area contributed by atoms with Crippen molar-refractivity contribution in [1.82, 2.24) is 0 Å². The van der Waals surface area contributed by atoms with Crippen LogP contribution in [-0.4, -0.2) is 18.5 Å². The second-order valence-corrected chi connectivity index (χ2v) is 5.01. The molecule has 0 saturated carbocycles. The number of nitrogens with zero attached hydrogens (tertiary/aromatic N) is 1. The lowest BCUT2D eigenvalue weighted by Gasteiger charge is -2.21. The molecule has 0 amide bonds. The molecule has 124 valence electrons. The van der Waals surface area contributed by atoms with E-state index in [1.54, 1.807) is 59.5 Å². The number of para-hydroxylation sites is 1. The first kappa shape index (κ1) is 17.5. The number of alkyl halides is 3. The van der Waals surface area contributed by atoms with E-state index in [1.807, 2.05) is 0 Å². The minimum absolute atomic E-state index is 0.213. The van der Waals surface area contributed by atoms with Crippen LogP contribution < -0.4 is 4.90 Å². The molecule has 5 heteroatoms. The van der Waals surface area contributed by atoms with Gasteiger partial charge in [0.1, 0.15) is 0 Å². The molecule has 0 spiro atoms. The fourth-order valence-electron chi connectivity index (χ4n) is 2.18. The van der Waals surface area contributed by atoms with Crippen LogP contribution in [0.1, 0.15) is 5.56 Å². The summed E-state index contributed by atoms with van der Waals surface area (Å²) in [5.74, 6) is -1.88. The van der Waals surface area contributed by atoms with Gasteiger partial charge in [0.25, 0.3) is 5.78 Å². The van der Waals surface area contributed by atoms with E-state index in [-0.39, 0.29) is 12.1 Å². The highest BCUT2D eigenvalue weighted by molar-refractivity contribution is 6.23. The smallest absolute Gasteiger partial charge is 0.343 e. The van der Waals surface area contributed by atoms with E-state index in [2.05, 4.69) is 6.58 Å². The molecule has 0 N–H and O–H groups in total. The van der Waals surface area contributed by atoms with Gasteiger partial charge in [-0.15, -0.1) is 6.58 Å². The van der Waals surface area contributed by atoms with Crippen molar-refractivity contribution in [2.24, 2.45) is 0 Å². The Labute approximate surface area is 138 Å². The van der Waals surface area contributed by atoms with Crippen molar-refractivity contribution in [3.05, 3.63) is 85.1 Å². The fourth-order valence-corrected chi connectivity index (χ4v) is 2.18. The van der Waals surface area contributed by atoms with Crippen molar-refractivity contribution in [2.75, 3.05) is 11.4 Å². The fraction of sp³-hybridized carbons (Fsp3) is 0.105. The Morgan fingerprint density at radius 2 is 1.54 bits per heavy atom. The molecule has 0 fully saturated rings. The van der Waals surface area contributed by atoms with E-state index >= 15 is 0 Å². The molecule has 2 aromatic carbocycles. The van der Waals surface area contributed by atoms with Crippen molar-refractivity contribution in [3.8, 4) is 0 Å². The second-order valence-electron chi connectivity index (χ2n) is 5.01. The van der Waals surface area contributed by atoms with Crippen LogP contribution >= 0.6 is 0 Å². The molecule has 0 aromatic heterocycles. The maximum absolute atomic E-state index is 13.0. The molecule has 0 atom stereocenters. The van der Waals surface area contributed by atoms with Gasteiger partial charge >= 0.3 is 6.18 Å². The number of carbonyl (C=O) groups excluding carboxylic acids is 1. The average Bonchev–Trinajstić information content (AvgIpc) is 2.59. The molecular formula is C19H16F3NO. The van der Waals surface area contributed by atoms with E-state index in [9.17, 15) is 18.0 Å². The van der Waals surface area contributed by atoms with Crippen LogP contribution in [0.3, 0.4) is 0 Å². The molecule has 24 heavy (non-hydrogen) atoms. The van der Waals surface area contributed by atoms with Crippen molar-refractivity contribution in [3.63, 3.8) is 0 Å². The Hall–Kier alpha value is -2.82. The molecule has 2 nitrogen and oxygen atoms in total. The number of halogens is 3. The largest absolute Gasteiger partial charge is 0.454 e. The van der Waals surface area contributed by atoms with Crippen LogP contribution in [0.25, 0.3) is 5.57 Å². The third-order valence-electron chi connectivity index (χ3n) is 3.29. The van der Waals surface area contributed by atoms with Gasteiger partial charge in [0.2, 0.25) is 0 Å². The van der Waals surface area contributed by atoms with Gasteiger partial charge < -0.3 is 4.90 Å². The van der Waals surface area contributed by atoms with Gasteiger partial charge in [-0.25, -0.2) is 0 Å². The van der Waals surface area contributed by atoms with E-state index in [1.165, 1.54) is 18.3 Å². The van der Waals surface area contributed by atoms with Crippen LogP contribution in [0.5, 0.6) is 0 Å². The van der Waals surface area contributed by atoms with E-state index in [0.29, 0.717) is 5.69 Å². The Kier molecular flexibility index (Phi) is 5.58. The van der Waals surface area contributed by atoms with Gasteiger partial charge in [-0.05, 0) is 17.7 Å². The number of benzene rings is 2. The zero-order valence-corrected chi connectivity index (χ0v) is 12.8. The van der Waals surface area contributed by atoms with Crippen molar-refractivity contribution in [2.45, 2.75) is 6.18 Å². The molecule has 0 radical (unpaired) electrons. The third-order valence-corrected chi connectivity index (χ3v) is 3.29.